The first-order chi connectivity index (χ1) is 12.2. The predicted octanol–water partition coefficient (Wildman–Crippen LogP) is 2.34. The SMILES string of the molecule is Fc1ccc(-c2cn3c(n2)CCC(NC2C[C@@H]4CNC[C@H]24)C3)c(F)c1. The zero-order valence-corrected chi connectivity index (χ0v) is 14.0. The molecule has 2 N–H and O–H groups in total. The highest BCUT2D eigenvalue weighted by atomic mass is 19.1. The molecule has 25 heavy (non-hydrogen) atoms. The van der Waals surface area contributed by atoms with Gasteiger partial charge in [-0.1, -0.05) is 0 Å². The van der Waals surface area contributed by atoms with Gasteiger partial charge in [0.15, 0.2) is 0 Å². The Balaban J connectivity index is 1.31. The van der Waals surface area contributed by atoms with E-state index in [1.54, 1.807) is 0 Å². The highest BCUT2D eigenvalue weighted by Gasteiger charge is 2.44. The number of aryl methyl sites for hydroxylation is 1. The molecule has 1 aromatic carbocycles. The molecule has 0 bridgehead atoms. The molecular weight excluding hydrogens is 322 g/mol. The molecule has 4 nitrogen and oxygen atoms in total. The maximum Gasteiger partial charge on any atom is 0.135 e. The van der Waals surface area contributed by atoms with Crippen molar-refractivity contribution in [3.8, 4) is 11.3 Å². The van der Waals surface area contributed by atoms with Crippen molar-refractivity contribution in [2.24, 2.45) is 11.8 Å². The third-order valence-electron chi connectivity index (χ3n) is 6.12. The van der Waals surface area contributed by atoms with E-state index in [0.717, 1.165) is 49.7 Å². The van der Waals surface area contributed by atoms with E-state index in [9.17, 15) is 8.78 Å². The number of fused-ring (bicyclic) bond motifs is 2. The summed E-state index contributed by atoms with van der Waals surface area (Å²) < 4.78 is 29.3. The number of nitrogens with zero attached hydrogens (tertiary/aromatic N) is 2. The van der Waals surface area contributed by atoms with E-state index < -0.39 is 11.6 Å². The third-order valence-corrected chi connectivity index (χ3v) is 6.12. The largest absolute Gasteiger partial charge is 0.333 e. The van der Waals surface area contributed by atoms with E-state index in [-0.39, 0.29) is 0 Å². The van der Waals surface area contributed by atoms with E-state index in [4.69, 9.17) is 0 Å². The van der Waals surface area contributed by atoms with Crippen LogP contribution in [0.5, 0.6) is 0 Å². The fraction of sp³-hybridized carbons (Fsp3) is 0.526. The standard InChI is InChI=1S/C19H22F2N4/c20-12-1-3-14(16(21)6-12)18-10-25-9-13(2-4-19(25)24-18)23-17-5-11-7-22-8-15(11)17/h1,3,6,10-11,13,15,17,22-23H,2,4-5,7-9H2/t11-,13?,15+,17?/m1/s1. The Morgan fingerprint density at radius 2 is 2.16 bits per heavy atom. The van der Waals surface area contributed by atoms with Crippen LogP contribution in [0.25, 0.3) is 11.3 Å². The summed E-state index contributed by atoms with van der Waals surface area (Å²) in [5, 5.41) is 7.30. The van der Waals surface area contributed by atoms with E-state index in [1.165, 1.54) is 25.1 Å². The van der Waals surface area contributed by atoms with Crippen LogP contribution in [0, 0.1) is 23.5 Å². The van der Waals surface area contributed by atoms with Crippen molar-refractivity contribution < 1.29 is 8.78 Å². The summed E-state index contributed by atoms with van der Waals surface area (Å²) in [6.45, 7) is 3.18. The van der Waals surface area contributed by atoms with Crippen molar-refractivity contribution in [3.05, 3.63) is 41.9 Å². The minimum absolute atomic E-state index is 0.367. The van der Waals surface area contributed by atoms with E-state index in [1.807, 2.05) is 6.20 Å². The summed E-state index contributed by atoms with van der Waals surface area (Å²) in [6, 6.07) is 4.74. The molecular formula is C19H22F2N4. The molecule has 1 saturated heterocycles. The van der Waals surface area contributed by atoms with Crippen molar-refractivity contribution in [2.45, 2.75) is 37.9 Å². The summed E-state index contributed by atoms with van der Waals surface area (Å²) in [7, 11) is 0. The van der Waals surface area contributed by atoms with Gasteiger partial charge in [0.25, 0.3) is 0 Å². The first-order valence-corrected chi connectivity index (χ1v) is 9.15. The molecule has 5 rings (SSSR count). The van der Waals surface area contributed by atoms with Gasteiger partial charge in [0.2, 0.25) is 0 Å². The monoisotopic (exact) mass is 344 g/mol. The Bertz CT molecular complexity index is 803. The average Bonchev–Trinajstić information content (AvgIpc) is 3.15. The van der Waals surface area contributed by atoms with Crippen LogP contribution in [0.1, 0.15) is 18.7 Å². The second-order valence-corrected chi connectivity index (χ2v) is 7.65. The molecule has 2 unspecified atom stereocenters. The molecule has 1 saturated carbocycles. The van der Waals surface area contributed by atoms with Crippen molar-refractivity contribution in [1.82, 2.24) is 20.2 Å². The van der Waals surface area contributed by atoms with Crippen molar-refractivity contribution in [2.75, 3.05) is 13.1 Å². The van der Waals surface area contributed by atoms with Gasteiger partial charge >= 0.3 is 0 Å². The first kappa shape index (κ1) is 15.5. The highest BCUT2D eigenvalue weighted by molar-refractivity contribution is 5.59. The maximum absolute atomic E-state index is 14.0. The van der Waals surface area contributed by atoms with Gasteiger partial charge in [0, 0.05) is 42.9 Å². The second kappa shape index (κ2) is 5.88. The number of halogens is 2. The number of hydrogen-bond donors (Lipinski definition) is 2. The van der Waals surface area contributed by atoms with Gasteiger partial charge in [-0.3, -0.25) is 0 Å². The molecule has 132 valence electrons. The minimum atomic E-state index is -0.560. The Morgan fingerprint density at radius 1 is 1.24 bits per heavy atom. The first-order valence-electron chi connectivity index (χ1n) is 9.15. The number of hydrogen-bond acceptors (Lipinski definition) is 3. The Hall–Kier alpha value is -1.79. The van der Waals surface area contributed by atoms with Gasteiger partial charge in [-0.2, -0.15) is 0 Å². The molecule has 0 amide bonds. The van der Waals surface area contributed by atoms with Gasteiger partial charge in [-0.25, -0.2) is 13.8 Å². The van der Waals surface area contributed by atoms with Crippen LogP contribution in [0.15, 0.2) is 24.4 Å². The summed E-state index contributed by atoms with van der Waals surface area (Å²) in [4.78, 5) is 4.58. The molecule has 0 radical (unpaired) electrons. The highest BCUT2D eigenvalue weighted by Crippen LogP contribution is 2.38. The summed E-state index contributed by atoms with van der Waals surface area (Å²) in [5.74, 6) is 1.52. The van der Waals surface area contributed by atoms with Gasteiger partial charge in [0.1, 0.15) is 17.5 Å². The zero-order chi connectivity index (χ0) is 17.0. The normalized spacial score (nSPS) is 30.6. The molecule has 4 atom stereocenters. The smallest absolute Gasteiger partial charge is 0.135 e. The maximum atomic E-state index is 14.0. The van der Waals surface area contributed by atoms with E-state index >= 15 is 0 Å². The Kier molecular flexibility index (Phi) is 3.64. The van der Waals surface area contributed by atoms with Crippen molar-refractivity contribution >= 4 is 0 Å². The van der Waals surface area contributed by atoms with Crippen LogP contribution in [-0.4, -0.2) is 34.7 Å². The molecule has 2 aliphatic heterocycles. The Labute approximate surface area is 145 Å². The van der Waals surface area contributed by atoms with Crippen LogP contribution in [-0.2, 0) is 13.0 Å². The quantitative estimate of drug-likeness (QED) is 0.898. The number of aromatic nitrogens is 2. The number of rotatable bonds is 3. The molecule has 3 heterocycles. The molecule has 1 aliphatic carbocycles. The molecule has 3 aliphatic rings. The fourth-order valence-electron chi connectivity index (χ4n) is 4.69. The van der Waals surface area contributed by atoms with Crippen LogP contribution < -0.4 is 10.6 Å². The lowest BCUT2D eigenvalue weighted by Gasteiger charge is -2.43. The van der Waals surface area contributed by atoms with Gasteiger partial charge in [-0.05, 0) is 49.9 Å². The van der Waals surface area contributed by atoms with Crippen LogP contribution in [0.2, 0.25) is 0 Å². The number of imidazole rings is 1. The Morgan fingerprint density at radius 3 is 3.00 bits per heavy atom. The predicted molar refractivity (Wildman–Crippen MR) is 91.1 cm³/mol. The molecule has 2 fully saturated rings. The van der Waals surface area contributed by atoms with Crippen molar-refractivity contribution in [3.63, 3.8) is 0 Å². The lowest BCUT2D eigenvalue weighted by Crippen LogP contribution is -2.54. The third kappa shape index (κ3) is 2.68. The molecule has 0 spiro atoms. The summed E-state index contributed by atoms with van der Waals surface area (Å²) in [6.07, 6.45) is 5.13. The molecule has 2 aromatic rings. The van der Waals surface area contributed by atoms with Crippen LogP contribution in [0.4, 0.5) is 8.78 Å². The van der Waals surface area contributed by atoms with E-state index in [0.29, 0.717) is 23.3 Å². The van der Waals surface area contributed by atoms with Crippen LogP contribution >= 0.6 is 0 Å². The van der Waals surface area contributed by atoms with E-state index in [2.05, 4.69) is 20.2 Å². The lowest BCUT2D eigenvalue weighted by molar-refractivity contribution is 0.134. The second-order valence-electron chi connectivity index (χ2n) is 7.65. The average molecular weight is 344 g/mol. The van der Waals surface area contributed by atoms with Gasteiger partial charge in [0.05, 0.1) is 5.69 Å². The topological polar surface area (TPSA) is 41.9 Å². The van der Waals surface area contributed by atoms with Gasteiger partial charge in [-0.15, -0.1) is 0 Å². The number of benzene rings is 1. The van der Waals surface area contributed by atoms with Crippen molar-refractivity contribution in [1.29, 1.82) is 0 Å². The number of nitrogens with one attached hydrogen (secondary N) is 2. The van der Waals surface area contributed by atoms with Crippen LogP contribution in [0.3, 0.4) is 0 Å². The zero-order valence-electron chi connectivity index (χ0n) is 14.0. The molecule has 6 heteroatoms. The fourth-order valence-corrected chi connectivity index (χ4v) is 4.69. The summed E-state index contributed by atoms with van der Waals surface area (Å²) in [5.41, 5.74) is 0.962. The molecule has 1 aromatic heterocycles. The summed E-state index contributed by atoms with van der Waals surface area (Å²) >= 11 is 0. The van der Waals surface area contributed by atoms with Gasteiger partial charge < -0.3 is 15.2 Å². The minimum Gasteiger partial charge on any atom is -0.333 e. The lowest BCUT2D eigenvalue weighted by atomic mass is 9.71.